The van der Waals surface area contributed by atoms with E-state index in [0.29, 0.717) is 16.7 Å². The minimum Gasteiger partial charge on any atom is -0.490 e. The number of aryl methyl sites for hydroxylation is 1. The lowest BCUT2D eigenvalue weighted by Gasteiger charge is -2.16. The maximum atomic E-state index is 13.1. The third kappa shape index (κ3) is 3.87. The van der Waals surface area contributed by atoms with E-state index >= 15 is 0 Å². The van der Waals surface area contributed by atoms with Gasteiger partial charge in [0.25, 0.3) is 5.56 Å². The van der Waals surface area contributed by atoms with Crippen LogP contribution in [0.5, 0.6) is 5.75 Å². The molecule has 0 N–H and O–H groups in total. The molecule has 0 aliphatic carbocycles. The van der Waals surface area contributed by atoms with Crippen molar-refractivity contribution in [2.24, 2.45) is 5.10 Å². The van der Waals surface area contributed by atoms with Gasteiger partial charge in [-0.25, -0.2) is 4.98 Å². The number of nitrogens with zero attached hydrogens (tertiary/aromatic N) is 3. The van der Waals surface area contributed by atoms with Crippen molar-refractivity contribution in [1.29, 1.82) is 0 Å². The van der Waals surface area contributed by atoms with Crippen LogP contribution in [-0.4, -0.2) is 22.0 Å². The van der Waals surface area contributed by atoms with Crippen LogP contribution in [0.3, 0.4) is 0 Å². The molecular formula is C24H22BrN3O2. The lowest BCUT2D eigenvalue weighted by atomic mass is 10.0. The van der Waals surface area contributed by atoms with Gasteiger partial charge in [-0.2, -0.15) is 9.78 Å². The number of hydrogen-bond acceptors (Lipinski definition) is 4. The summed E-state index contributed by atoms with van der Waals surface area (Å²) in [7, 11) is 0. The number of halogens is 1. The molecule has 0 spiro atoms. The highest BCUT2D eigenvalue weighted by Crippen LogP contribution is 2.28. The highest BCUT2D eigenvalue weighted by atomic mass is 79.9. The second kappa shape index (κ2) is 8.40. The molecule has 6 heteroatoms. The zero-order chi connectivity index (χ0) is 21.3. The van der Waals surface area contributed by atoms with Gasteiger partial charge in [-0.15, -0.1) is 0 Å². The van der Waals surface area contributed by atoms with Crippen molar-refractivity contribution in [2.45, 2.75) is 33.3 Å². The summed E-state index contributed by atoms with van der Waals surface area (Å²) >= 11 is 3.42. The molecule has 0 radical (unpaired) electrons. The van der Waals surface area contributed by atoms with Crippen molar-refractivity contribution in [3.8, 4) is 5.75 Å². The van der Waals surface area contributed by atoms with Crippen molar-refractivity contribution in [2.75, 3.05) is 0 Å². The van der Waals surface area contributed by atoms with Gasteiger partial charge in [0, 0.05) is 10.0 Å². The van der Waals surface area contributed by atoms with Crippen LogP contribution < -0.4 is 10.3 Å². The van der Waals surface area contributed by atoms with Crippen LogP contribution in [0.25, 0.3) is 21.7 Å². The van der Waals surface area contributed by atoms with Gasteiger partial charge in [-0.05, 0) is 55.3 Å². The second-order valence-corrected chi connectivity index (χ2v) is 8.13. The Bertz CT molecular complexity index is 1330. The van der Waals surface area contributed by atoms with Gasteiger partial charge in [-0.3, -0.25) is 4.79 Å². The second-order valence-electron chi connectivity index (χ2n) is 7.22. The molecule has 0 saturated heterocycles. The van der Waals surface area contributed by atoms with Gasteiger partial charge in [0.1, 0.15) is 11.6 Å². The quantitative estimate of drug-likeness (QED) is 0.357. The van der Waals surface area contributed by atoms with Crippen molar-refractivity contribution >= 4 is 43.8 Å². The molecule has 0 amide bonds. The van der Waals surface area contributed by atoms with Crippen molar-refractivity contribution in [3.05, 3.63) is 80.8 Å². The molecule has 0 fully saturated rings. The van der Waals surface area contributed by atoms with Gasteiger partial charge >= 0.3 is 0 Å². The lowest BCUT2D eigenvalue weighted by molar-refractivity contribution is 0.217. The molecule has 0 aliphatic rings. The van der Waals surface area contributed by atoms with Crippen LogP contribution in [0.15, 0.2) is 69.0 Å². The van der Waals surface area contributed by atoms with E-state index in [-0.39, 0.29) is 11.7 Å². The van der Waals surface area contributed by atoms with Gasteiger partial charge < -0.3 is 4.74 Å². The van der Waals surface area contributed by atoms with Crippen LogP contribution in [0.1, 0.15) is 31.7 Å². The van der Waals surface area contributed by atoms with Crippen molar-refractivity contribution < 1.29 is 4.74 Å². The van der Waals surface area contributed by atoms with E-state index < -0.39 is 0 Å². The fourth-order valence-corrected chi connectivity index (χ4v) is 3.68. The Labute approximate surface area is 183 Å². The first-order valence-corrected chi connectivity index (χ1v) is 10.7. The van der Waals surface area contributed by atoms with E-state index in [4.69, 9.17) is 4.74 Å². The lowest BCUT2D eigenvalue weighted by Crippen LogP contribution is -2.20. The molecule has 3 aromatic carbocycles. The van der Waals surface area contributed by atoms with Crippen LogP contribution in [0.2, 0.25) is 0 Å². The highest BCUT2D eigenvalue weighted by molar-refractivity contribution is 9.10. The summed E-state index contributed by atoms with van der Waals surface area (Å²) in [6.07, 6.45) is 2.66. The summed E-state index contributed by atoms with van der Waals surface area (Å²) in [5.41, 5.74) is 1.28. The largest absolute Gasteiger partial charge is 0.490 e. The van der Waals surface area contributed by atoms with E-state index in [1.807, 2.05) is 55.5 Å². The Balaban J connectivity index is 1.88. The van der Waals surface area contributed by atoms with Crippen LogP contribution in [0.4, 0.5) is 0 Å². The predicted molar refractivity (Wildman–Crippen MR) is 126 cm³/mol. The van der Waals surface area contributed by atoms with E-state index in [1.165, 1.54) is 4.68 Å². The number of ether oxygens (including phenoxy) is 1. The Morgan fingerprint density at radius 3 is 2.77 bits per heavy atom. The molecule has 152 valence electrons. The molecule has 0 saturated carbocycles. The molecule has 4 aromatic rings. The Morgan fingerprint density at radius 2 is 1.97 bits per heavy atom. The minimum atomic E-state index is -0.209. The highest BCUT2D eigenvalue weighted by Gasteiger charge is 2.12. The standard InChI is InChI=1S/C24H22BrN3O2/c1-4-15(2)30-23-12-9-17-7-5-6-8-19(17)21(23)14-26-28-16(3)27-22-11-10-18(25)13-20(22)24(28)29/h5-15H,4H2,1-3H3/t15-/m1/s1. The van der Waals surface area contributed by atoms with Crippen LogP contribution in [-0.2, 0) is 0 Å². The average molecular weight is 464 g/mol. The zero-order valence-corrected chi connectivity index (χ0v) is 18.7. The predicted octanol–water partition coefficient (Wildman–Crippen LogP) is 5.68. The topological polar surface area (TPSA) is 56.5 Å². The maximum Gasteiger partial charge on any atom is 0.282 e. The van der Waals surface area contributed by atoms with E-state index in [0.717, 1.165) is 33.0 Å². The summed E-state index contributed by atoms with van der Waals surface area (Å²) in [6.45, 7) is 5.90. The third-order valence-corrected chi connectivity index (χ3v) is 5.60. The molecule has 1 aromatic heterocycles. The monoisotopic (exact) mass is 463 g/mol. The summed E-state index contributed by atoms with van der Waals surface area (Å²) in [4.78, 5) is 17.6. The number of aromatic nitrogens is 2. The Morgan fingerprint density at radius 1 is 1.17 bits per heavy atom. The molecule has 4 rings (SSSR count). The molecule has 30 heavy (non-hydrogen) atoms. The summed E-state index contributed by atoms with van der Waals surface area (Å²) in [6, 6.07) is 17.5. The fourth-order valence-electron chi connectivity index (χ4n) is 3.32. The van der Waals surface area contributed by atoms with E-state index in [2.05, 4.69) is 32.9 Å². The molecular weight excluding hydrogens is 442 g/mol. The van der Waals surface area contributed by atoms with Gasteiger partial charge in [0.2, 0.25) is 0 Å². The first-order chi connectivity index (χ1) is 14.5. The van der Waals surface area contributed by atoms with E-state index in [9.17, 15) is 4.79 Å². The zero-order valence-electron chi connectivity index (χ0n) is 17.1. The summed E-state index contributed by atoms with van der Waals surface area (Å²) in [5, 5.41) is 7.14. The third-order valence-electron chi connectivity index (χ3n) is 5.11. The minimum absolute atomic E-state index is 0.0717. The molecule has 1 atom stereocenters. The smallest absolute Gasteiger partial charge is 0.282 e. The summed E-state index contributed by atoms with van der Waals surface area (Å²) < 4.78 is 8.30. The summed E-state index contributed by atoms with van der Waals surface area (Å²) in [5.74, 6) is 1.27. The Kier molecular flexibility index (Phi) is 5.68. The maximum absolute atomic E-state index is 13.1. The van der Waals surface area contributed by atoms with Gasteiger partial charge in [-0.1, -0.05) is 53.2 Å². The van der Waals surface area contributed by atoms with Crippen molar-refractivity contribution in [3.63, 3.8) is 0 Å². The molecule has 0 aliphatic heterocycles. The van der Waals surface area contributed by atoms with Gasteiger partial charge in [0.05, 0.1) is 23.2 Å². The number of rotatable bonds is 5. The number of fused-ring (bicyclic) bond motifs is 2. The molecule has 0 unspecified atom stereocenters. The van der Waals surface area contributed by atoms with Gasteiger partial charge in [0.15, 0.2) is 0 Å². The first kappa shape index (κ1) is 20.3. The van der Waals surface area contributed by atoms with E-state index in [1.54, 1.807) is 19.2 Å². The first-order valence-electron chi connectivity index (χ1n) is 9.89. The number of hydrogen-bond donors (Lipinski definition) is 0. The Hall–Kier alpha value is -2.99. The normalized spacial score (nSPS) is 12.7. The van der Waals surface area contributed by atoms with Crippen molar-refractivity contribution in [1.82, 2.24) is 9.66 Å². The molecule has 1 heterocycles. The van der Waals surface area contributed by atoms with Crippen LogP contribution in [0, 0.1) is 6.92 Å². The number of benzene rings is 3. The van der Waals surface area contributed by atoms with Crippen LogP contribution >= 0.6 is 15.9 Å². The molecule has 5 nitrogen and oxygen atoms in total. The SMILES string of the molecule is CC[C@@H](C)Oc1ccc2ccccc2c1C=Nn1c(C)nc2ccc(Br)cc2c1=O. The molecule has 0 bridgehead atoms. The average Bonchev–Trinajstić information content (AvgIpc) is 2.75. The fraction of sp³-hybridized carbons (Fsp3) is 0.208.